The van der Waals surface area contributed by atoms with Crippen molar-refractivity contribution in [1.29, 1.82) is 0 Å². The highest BCUT2D eigenvalue weighted by molar-refractivity contribution is 5.99. The molecule has 0 unspecified atom stereocenters. The summed E-state index contributed by atoms with van der Waals surface area (Å²) in [7, 11) is 0. The molecule has 114 valence electrons. The van der Waals surface area contributed by atoms with Gasteiger partial charge in [0.2, 0.25) is 0 Å². The number of primary amides is 1. The van der Waals surface area contributed by atoms with Crippen LogP contribution in [0.2, 0.25) is 0 Å². The third kappa shape index (κ3) is 2.67. The molecule has 0 aliphatic carbocycles. The number of rotatable bonds is 4. The van der Waals surface area contributed by atoms with Crippen molar-refractivity contribution in [3.63, 3.8) is 0 Å². The van der Waals surface area contributed by atoms with Crippen molar-refractivity contribution in [3.05, 3.63) is 59.8 Å². The van der Waals surface area contributed by atoms with Crippen molar-refractivity contribution >= 4 is 11.9 Å². The van der Waals surface area contributed by atoms with E-state index in [-0.39, 0.29) is 11.3 Å². The Kier molecular flexibility index (Phi) is 3.60. The Morgan fingerprint density at radius 3 is 2.43 bits per heavy atom. The van der Waals surface area contributed by atoms with Crippen molar-refractivity contribution in [2.45, 2.75) is 0 Å². The van der Waals surface area contributed by atoms with E-state index in [1.54, 1.807) is 30.3 Å². The summed E-state index contributed by atoms with van der Waals surface area (Å²) in [5.41, 5.74) is 7.90. The maximum absolute atomic E-state index is 11.5. The maximum atomic E-state index is 11.5. The molecule has 4 N–H and O–H groups in total. The summed E-state index contributed by atoms with van der Waals surface area (Å²) < 4.78 is 0. The van der Waals surface area contributed by atoms with E-state index in [1.807, 2.05) is 12.1 Å². The van der Waals surface area contributed by atoms with Gasteiger partial charge in [-0.05, 0) is 23.3 Å². The van der Waals surface area contributed by atoms with Gasteiger partial charge >= 0.3 is 5.97 Å². The highest BCUT2D eigenvalue weighted by Gasteiger charge is 2.18. The second-order valence-corrected chi connectivity index (χ2v) is 4.82. The number of aromatic amines is 1. The molecule has 23 heavy (non-hydrogen) atoms. The van der Waals surface area contributed by atoms with E-state index in [1.165, 1.54) is 6.07 Å². The van der Waals surface area contributed by atoms with Gasteiger partial charge in [-0.2, -0.15) is 15.4 Å². The van der Waals surface area contributed by atoms with Crippen molar-refractivity contribution in [2.24, 2.45) is 5.73 Å². The van der Waals surface area contributed by atoms with Crippen molar-refractivity contribution < 1.29 is 14.7 Å². The summed E-state index contributed by atoms with van der Waals surface area (Å²) in [6.45, 7) is 0. The zero-order valence-electron chi connectivity index (χ0n) is 11.9. The number of nitrogens with one attached hydrogen (secondary N) is 1. The lowest BCUT2D eigenvalue weighted by molar-refractivity contribution is 0.0696. The summed E-state index contributed by atoms with van der Waals surface area (Å²) in [4.78, 5) is 22.6. The van der Waals surface area contributed by atoms with Crippen LogP contribution in [-0.4, -0.2) is 32.4 Å². The van der Waals surface area contributed by atoms with E-state index in [2.05, 4.69) is 15.4 Å². The molecule has 0 spiro atoms. The van der Waals surface area contributed by atoms with Gasteiger partial charge in [0.1, 0.15) is 5.69 Å². The number of nitrogens with two attached hydrogens (primary N) is 1. The minimum absolute atomic E-state index is 0.0341. The second-order valence-electron chi connectivity index (χ2n) is 4.82. The van der Waals surface area contributed by atoms with Gasteiger partial charge in [-0.25, -0.2) is 4.79 Å². The van der Waals surface area contributed by atoms with Crippen molar-refractivity contribution in [2.75, 3.05) is 0 Å². The molecule has 0 aliphatic rings. The van der Waals surface area contributed by atoms with Gasteiger partial charge < -0.3 is 10.8 Å². The van der Waals surface area contributed by atoms with E-state index >= 15 is 0 Å². The smallest absolute Gasteiger partial charge is 0.335 e. The second kappa shape index (κ2) is 5.72. The van der Waals surface area contributed by atoms with Crippen LogP contribution in [0.1, 0.15) is 20.8 Å². The van der Waals surface area contributed by atoms with Crippen LogP contribution in [0.15, 0.2) is 48.5 Å². The molecule has 1 heterocycles. The van der Waals surface area contributed by atoms with E-state index < -0.39 is 11.9 Å². The number of carboxylic acid groups (broad SMARTS) is 1. The molecule has 1 amide bonds. The Balaban J connectivity index is 2.19. The van der Waals surface area contributed by atoms with Gasteiger partial charge in [0, 0.05) is 5.56 Å². The predicted molar refractivity (Wildman–Crippen MR) is 82.7 cm³/mol. The monoisotopic (exact) mass is 308 g/mol. The molecule has 0 aliphatic heterocycles. The number of amides is 1. The van der Waals surface area contributed by atoms with Crippen molar-refractivity contribution in [1.82, 2.24) is 15.4 Å². The molecule has 7 heteroatoms. The van der Waals surface area contributed by atoms with Crippen LogP contribution >= 0.6 is 0 Å². The van der Waals surface area contributed by atoms with Crippen LogP contribution in [0.4, 0.5) is 0 Å². The van der Waals surface area contributed by atoms with E-state index in [0.29, 0.717) is 16.8 Å². The largest absolute Gasteiger partial charge is 0.478 e. The van der Waals surface area contributed by atoms with Crippen LogP contribution < -0.4 is 5.73 Å². The molecule has 0 bridgehead atoms. The minimum atomic E-state index is -1.01. The number of H-pyrrole nitrogens is 1. The SMILES string of the molecule is NC(=O)c1n[nH]nc1-c1ccccc1-c1cccc(C(=O)O)c1. The molecule has 0 fully saturated rings. The number of aromatic carboxylic acids is 1. The minimum Gasteiger partial charge on any atom is -0.478 e. The topological polar surface area (TPSA) is 122 Å². The first kappa shape index (κ1) is 14.5. The fourth-order valence-electron chi connectivity index (χ4n) is 2.35. The number of carbonyl (C=O) groups excluding carboxylic acids is 1. The quantitative estimate of drug-likeness (QED) is 0.679. The van der Waals surface area contributed by atoms with Gasteiger partial charge in [-0.3, -0.25) is 4.79 Å². The normalized spacial score (nSPS) is 10.4. The molecular weight excluding hydrogens is 296 g/mol. The number of carboxylic acids is 1. The highest BCUT2D eigenvalue weighted by atomic mass is 16.4. The van der Waals surface area contributed by atoms with E-state index in [9.17, 15) is 9.59 Å². The average Bonchev–Trinajstić information content (AvgIpc) is 3.04. The summed E-state index contributed by atoms with van der Waals surface area (Å²) >= 11 is 0. The number of carbonyl (C=O) groups is 2. The number of hydrogen-bond acceptors (Lipinski definition) is 4. The number of benzene rings is 2. The fourth-order valence-corrected chi connectivity index (χ4v) is 2.35. The molecular formula is C16H12N4O3. The molecule has 3 rings (SSSR count). The molecule has 7 nitrogen and oxygen atoms in total. The summed E-state index contributed by atoms with van der Waals surface area (Å²) in [6.07, 6.45) is 0. The van der Waals surface area contributed by atoms with Gasteiger partial charge in [0.25, 0.3) is 5.91 Å². The Morgan fingerprint density at radius 1 is 1.00 bits per heavy atom. The predicted octanol–water partition coefficient (Wildman–Crippen LogP) is 1.94. The van der Waals surface area contributed by atoms with E-state index in [4.69, 9.17) is 10.8 Å². The number of hydrogen-bond donors (Lipinski definition) is 3. The van der Waals surface area contributed by atoms with Crippen LogP contribution in [0.3, 0.4) is 0 Å². The summed E-state index contributed by atoms with van der Waals surface area (Å²) in [5, 5.41) is 19.3. The first-order valence-electron chi connectivity index (χ1n) is 6.71. The molecule has 0 saturated heterocycles. The van der Waals surface area contributed by atoms with Gasteiger partial charge in [-0.15, -0.1) is 0 Å². The van der Waals surface area contributed by atoms with Crippen molar-refractivity contribution in [3.8, 4) is 22.4 Å². The lowest BCUT2D eigenvalue weighted by Gasteiger charge is -2.09. The first-order valence-corrected chi connectivity index (χ1v) is 6.71. The van der Waals surface area contributed by atoms with Crippen LogP contribution in [0, 0.1) is 0 Å². The van der Waals surface area contributed by atoms with Crippen LogP contribution in [0.25, 0.3) is 22.4 Å². The van der Waals surface area contributed by atoms with Crippen LogP contribution in [0.5, 0.6) is 0 Å². The lowest BCUT2D eigenvalue weighted by Crippen LogP contribution is -2.12. The third-order valence-electron chi connectivity index (χ3n) is 3.38. The maximum Gasteiger partial charge on any atom is 0.335 e. The number of nitrogens with zero attached hydrogens (tertiary/aromatic N) is 2. The highest BCUT2D eigenvalue weighted by Crippen LogP contribution is 2.32. The van der Waals surface area contributed by atoms with Crippen LogP contribution in [-0.2, 0) is 0 Å². The molecule has 0 saturated carbocycles. The third-order valence-corrected chi connectivity index (χ3v) is 3.38. The molecule has 1 aromatic heterocycles. The van der Waals surface area contributed by atoms with Gasteiger partial charge in [0.15, 0.2) is 5.69 Å². The zero-order chi connectivity index (χ0) is 16.4. The molecule has 0 atom stereocenters. The van der Waals surface area contributed by atoms with Gasteiger partial charge in [0.05, 0.1) is 5.56 Å². The number of aromatic nitrogens is 3. The Morgan fingerprint density at radius 2 is 1.74 bits per heavy atom. The summed E-state index contributed by atoms with van der Waals surface area (Å²) in [6, 6.07) is 13.7. The lowest BCUT2D eigenvalue weighted by atomic mass is 9.95. The van der Waals surface area contributed by atoms with Gasteiger partial charge in [-0.1, -0.05) is 36.4 Å². The van der Waals surface area contributed by atoms with E-state index in [0.717, 1.165) is 5.56 Å². The Labute approximate surface area is 130 Å². The molecule has 2 aromatic carbocycles. The fraction of sp³-hybridized carbons (Fsp3) is 0. The Hall–Kier alpha value is -3.48. The average molecular weight is 308 g/mol. The zero-order valence-corrected chi connectivity index (χ0v) is 11.9. The molecule has 0 radical (unpaired) electrons. The Bertz CT molecular complexity index is 902. The summed E-state index contributed by atoms with van der Waals surface area (Å²) in [5.74, 6) is -1.70. The standard InChI is InChI=1S/C16H12N4O3/c17-15(21)14-13(18-20-19-14)12-7-2-1-6-11(12)9-4-3-5-10(8-9)16(22)23/h1-8H,(H2,17,21)(H,22,23)(H,18,19,20). The molecule has 3 aromatic rings. The first-order chi connectivity index (χ1) is 11.1.